The Morgan fingerprint density at radius 1 is 1.25 bits per heavy atom. The number of carbonyl (C=O) groups is 2. The second-order valence-corrected chi connectivity index (χ2v) is 6.46. The molecule has 3 N–H and O–H groups in total. The second-order valence-electron chi connectivity index (χ2n) is 6.46. The van der Waals surface area contributed by atoms with Crippen molar-refractivity contribution >= 4 is 11.8 Å². The molecule has 1 aliphatic heterocycles. The average molecular weight is 333 g/mol. The molecule has 0 aromatic heterocycles. The largest absolute Gasteiger partial charge is 0.384 e. The molecule has 6 nitrogen and oxygen atoms in total. The summed E-state index contributed by atoms with van der Waals surface area (Å²) in [7, 11) is 1.69. The van der Waals surface area contributed by atoms with Crippen LogP contribution in [0, 0.1) is 5.41 Å². The SMILES string of the molecule is COCC1(CNC(=O)C(C)NC(=O)c2ccccc2)CCNCC1. The topological polar surface area (TPSA) is 79.5 Å². The van der Waals surface area contributed by atoms with Crippen molar-refractivity contribution in [2.24, 2.45) is 5.41 Å². The molecule has 6 heteroatoms. The van der Waals surface area contributed by atoms with Crippen LogP contribution in [-0.4, -0.2) is 51.2 Å². The van der Waals surface area contributed by atoms with E-state index in [4.69, 9.17) is 4.74 Å². The van der Waals surface area contributed by atoms with E-state index in [0.29, 0.717) is 18.7 Å². The summed E-state index contributed by atoms with van der Waals surface area (Å²) < 4.78 is 5.35. The van der Waals surface area contributed by atoms with Crippen molar-refractivity contribution < 1.29 is 14.3 Å². The molecular weight excluding hydrogens is 306 g/mol. The summed E-state index contributed by atoms with van der Waals surface area (Å²) >= 11 is 0. The first-order valence-electron chi connectivity index (χ1n) is 8.40. The molecule has 24 heavy (non-hydrogen) atoms. The van der Waals surface area contributed by atoms with E-state index in [1.54, 1.807) is 38.3 Å². The van der Waals surface area contributed by atoms with Crippen molar-refractivity contribution in [1.29, 1.82) is 0 Å². The van der Waals surface area contributed by atoms with E-state index in [9.17, 15) is 9.59 Å². The van der Waals surface area contributed by atoms with Gasteiger partial charge in [0.2, 0.25) is 5.91 Å². The van der Waals surface area contributed by atoms with Gasteiger partial charge in [-0.1, -0.05) is 18.2 Å². The molecule has 0 radical (unpaired) electrons. The van der Waals surface area contributed by atoms with Crippen molar-refractivity contribution in [3.8, 4) is 0 Å². The summed E-state index contributed by atoms with van der Waals surface area (Å²) in [6.07, 6.45) is 1.93. The number of methoxy groups -OCH3 is 1. The Labute approximate surface area is 143 Å². The van der Waals surface area contributed by atoms with E-state index in [1.165, 1.54) is 0 Å². The first-order chi connectivity index (χ1) is 11.6. The predicted octanol–water partition coefficient (Wildman–Crippen LogP) is 0.937. The molecule has 0 saturated carbocycles. The highest BCUT2D eigenvalue weighted by atomic mass is 16.5. The zero-order valence-corrected chi connectivity index (χ0v) is 14.4. The number of benzene rings is 1. The fourth-order valence-electron chi connectivity index (χ4n) is 3.00. The lowest BCUT2D eigenvalue weighted by Crippen LogP contribution is -2.51. The normalized spacial score (nSPS) is 17.8. The maximum absolute atomic E-state index is 12.3. The number of hydrogen-bond acceptors (Lipinski definition) is 4. The highest BCUT2D eigenvalue weighted by Crippen LogP contribution is 2.28. The highest BCUT2D eigenvalue weighted by molar-refractivity contribution is 5.97. The fraction of sp³-hybridized carbons (Fsp3) is 0.556. The van der Waals surface area contributed by atoms with Crippen LogP contribution in [-0.2, 0) is 9.53 Å². The molecule has 1 saturated heterocycles. The van der Waals surface area contributed by atoms with E-state index in [-0.39, 0.29) is 17.2 Å². The minimum Gasteiger partial charge on any atom is -0.384 e. The van der Waals surface area contributed by atoms with Gasteiger partial charge in [0, 0.05) is 24.6 Å². The number of ether oxygens (including phenoxy) is 1. The van der Waals surface area contributed by atoms with Crippen molar-refractivity contribution in [1.82, 2.24) is 16.0 Å². The summed E-state index contributed by atoms with van der Waals surface area (Å²) in [5.41, 5.74) is 0.519. The maximum atomic E-state index is 12.3. The summed E-state index contributed by atoms with van der Waals surface area (Å²) in [6, 6.07) is 8.31. The van der Waals surface area contributed by atoms with Crippen LogP contribution < -0.4 is 16.0 Å². The van der Waals surface area contributed by atoms with E-state index < -0.39 is 6.04 Å². The Kier molecular flexibility index (Phi) is 6.75. The van der Waals surface area contributed by atoms with Gasteiger partial charge in [0.25, 0.3) is 5.91 Å². The second kappa shape index (κ2) is 8.80. The number of carbonyl (C=O) groups excluding carboxylic acids is 2. The molecule has 0 aliphatic carbocycles. The minimum atomic E-state index is -0.584. The molecule has 2 amide bonds. The van der Waals surface area contributed by atoms with Gasteiger partial charge in [-0.2, -0.15) is 0 Å². The minimum absolute atomic E-state index is 0.0289. The smallest absolute Gasteiger partial charge is 0.251 e. The van der Waals surface area contributed by atoms with Crippen LogP contribution in [0.25, 0.3) is 0 Å². The lowest BCUT2D eigenvalue weighted by molar-refractivity contribution is -0.123. The molecule has 1 unspecified atom stereocenters. The van der Waals surface area contributed by atoms with Crippen LogP contribution >= 0.6 is 0 Å². The highest BCUT2D eigenvalue weighted by Gasteiger charge is 2.33. The van der Waals surface area contributed by atoms with Gasteiger partial charge in [0.15, 0.2) is 0 Å². The zero-order chi connectivity index (χ0) is 17.4. The summed E-state index contributed by atoms with van der Waals surface area (Å²) in [5, 5.41) is 9.03. The Morgan fingerprint density at radius 2 is 1.92 bits per heavy atom. The van der Waals surface area contributed by atoms with Gasteiger partial charge in [-0.15, -0.1) is 0 Å². The molecule has 0 bridgehead atoms. The van der Waals surface area contributed by atoms with Crippen LogP contribution in [0.4, 0.5) is 0 Å². The van der Waals surface area contributed by atoms with Crippen molar-refractivity contribution in [2.45, 2.75) is 25.8 Å². The average Bonchev–Trinajstić information content (AvgIpc) is 2.61. The maximum Gasteiger partial charge on any atom is 0.251 e. The van der Waals surface area contributed by atoms with Gasteiger partial charge in [-0.25, -0.2) is 0 Å². The standard InChI is InChI=1S/C18H27N3O3/c1-14(21-17(23)15-6-4-3-5-7-15)16(22)20-12-18(13-24-2)8-10-19-11-9-18/h3-7,14,19H,8-13H2,1-2H3,(H,20,22)(H,21,23). The van der Waals surface area contributed by atoms with Gasteiger partial charge in [0.05, 0.1) is 6.61 Å². The zero-order valence-electron chi connectivity index (χ0n) is 14.4. The van der Waals surface area contributed by atoms with Crippen LogP contribution in [0.1, 0.15) is 30.1 Å². The third kappa shape index (κ3) is 5.04. The molecule has 1 aromatic rings. The molecule has 0 spiro atoms. The van der Waals surface area contributed by atoms with Crippen LogP contribution in [0.3, 0.4) is 0 Å². The summed E-state index contributed by atoms with van der Waals surface area (Å²) in [4.78, 5) is 24.4. The summed E-state index contributed by atoms with van der Waals surface area (Å²) in [6.45, 7) is 4.74. The number of amides is 2. The Hall–Kier alpha value is -1.92. The van der Waals surface area contributed by atoms with Gasteiger partial charge in [-0.05, 0) is 45.0 Å². The third-order valence-electron chi connectivity index (χ3n) is 4.53. The summed E-state index contributed by atoms with van der Waals surface area (Å²) in [5.74, 6) is -0.417. The van der Waals surface area contributed by atoms with Gasteiger partial charge in [0.1, 0.15) is 6.04 Å². The molecule has 1 heterocycles. The number of piperidine rings is 1. The van der Waals surface area contributed by atoms with E-state index in [1.807, 2.05) is 6.07 Å². The Morgan fingerprint density at radius 3 is 2.54 bits per heavy atom. The first kappa shape index (κ1) is 18.4. The molecule has 1 atom stereocenters. The molecule has 1 aliphatic rings. The van der Waals surface area contributed by atoms with Crippen LogP contribution in [0.15, 0.2) is 30.3 Å². The quantitative estimate of drug-likeness (QED) is 0.694. The van der Waals surface area contributed by atoms with E-state index in [0.717, 1.165) is 25.9 Å². The van der Waals surface area contributed by atoms with Crippen LogP contribution in [0.2, 0.25) is 0 Å². The molecule has 1 aromatic carbocycles. The Balaban J connectivity index is 1.85. The Bertz CT molecular complexity index is 536. The lowest BCUT2D eigenvalue weighted by Gasteiger charge is -2.37. The predicted molar refractivity (Wildman–Crippen MR) is 92.8 cm³/mol. The van der Waals surface area contributed by atoms with Crippen molar-refractivity contribution in [3.63, 3.8) is 0 Å². The molecule has 2 rings (SSSR count). The number of rotatable bonds is 7. The molecule has 1 fully saturated rings. The number of nitrogens with one attached hydrogen (secondary N) is 3. The fourth-order valence-corrected chi connectivity index (χ4v) is 3.00. The first-order valence-corrected chi connectivity index (χ1v) is 8.40. The van der Waals surface area contributed by atoms with Crippen LogP contribution in [0.5, 0.6) is 0 Å². The lowest BCUT2D eigenvalue weighted by atomic mass is 9.79. The molecular formula is C18H27N3O3. The van der Waals surface area contributed by atoms with E-state index in [2.05, 4.69) is 16.0 Å². The third-order valence-corrected chi connectivity index (χ3v) is 4.53. The van der Waals surface area contributed by atoms with Gasteiger partial charge >= 0.3 is 0 Å². The van der Waals surface area contributed by atoms with Gasteiger partial charge in [-0.3, -0.25) is 9.59 Å². The monoisotopic (exact) mass is 333 g/mol. The molecule has 132 valence electrons. The number of hydrogen-bond donors (Lipinski definition) is 3. The van der Waals surface area contributed by atoms with Crippen molar-refractivity contribution in [3.05, 3.63) is 35.9 Å². The van der Waals surface area contributed by atoms with Gasteiger partial charge < -0.3 is 20.7 Å². The van der Waals surface area contributed by atoms with Crippen molar-refractivity contribution in [2.75, 3.05) is 33.4 Å². The van der Waals surface area contributed by atoms with E-state index >= 15 is 0 Å².